The van der Waals surface area contributed by atoms with Crippen LogP contribution in [0.3, 0.4) is 0 Å². The second-order valence-corrected chi connectivity index (χ2v) is 6.17. The summed E-state index contributed by atoms with van der Waals surface area (Å²) in [5, 5.41) is 0.729. The Kier molecular flexibility index (Phi) is 4.30. The van der Waals surface area contributed by atoms with E-state index in [1.807, 2.05) is 43.3 Å². The lowest BCUT2D eigenvalue weighted by Gasteiger charge is -2.10. The van der Waals surface area contributed by atoms with E-state index in [0.29, 0.717) is 22.5 Å². The number of rotatable bonds is 3. The van der Waals surface area contributed by atoms with Crippen molar-refractivity contribution in [1.29, 1.82) is 0 Å². The van der Waals surface area contributed by atoms with Crippen LogP contribution in [0, 0.1) is 6.92 Å². The molecule has 27 heavy (non-hydrogen) atoms. The molecule has 0 unspecified atom stereocenters. The molecule has 0 aliphatic carbocycles. The van der Waals surface area contributed by atoms with Crippen LogP contribution in [0.2, 0.25) is 0 Å². The van der Waals surface area contributed by atoms with Crippen molar-refractivity contribution < 1.29 is 13.9 Å². The first-order chi connectivity index (χ1) is 13.1. The highest BCUT2D eigenvalue weighted by Gasteiger charge is 2.15. The highest BCUT2D eigenvalue weighted by molar-refractivity contribution is 5.92. The smallest absolute Gasteiger partial charge is 0.344 e. The molecule has 0 aliphatic rings. The zero-order valence-electron chi connectivity index (χ0n) is 14.6. The maximum absolute atomic E-state index is 12.5. The van der Waals surface area contributed by atoms with Gasteiger partial charge in [-0.3, -0.25) is 0 Å². The van der Waals surface area contributed by atoms with E-state index in [4.69, 9.17) is 9.15 Å². The molecular weight excluding hydrogens is 340 g/mol. The molecule has 0 bridgehead atoms. The van der Waals surface area contributed by atoms with Gasteiger partial charge in [-0.15, -0.1) is 0 Å². The molecule has 4 aromatic rings. The molecular formula is C23H16O4. The summed E-state index contributed by atoms with van der Waals surface area (Å²) >= 11 is 0. The minimum Gasteiger partial charge on any atom is -0.423 e. The number of esters is 1. The molecule has 0 saturated heterocycles. The lowest BCUT2D eigenvalue weighted by atomic mass is 9.99. The van der Waals surface area contributed by atoms with Gasteiger partial charge < -0.3 is 9.15 Å². The van der Waals surface area contributed by atoms with Crippen molar-refractivity contribution in [2.75, 3.05) is 0 Å². The predicted octanol–water partition coefficient (Wildman–Crippen LogP) is 4.99. The molecule has 1 heterocycles. The van der Waals surface area contributed by atoms with Crippen LogP contribution in [0.15, 0.2) is 88.1 Å². The van der Waals surface area contributed by atoms with Gasteiger partial charge in [-0.05, 0) is 48.4 Å². The molecule has 0 N–H and O–H groups in total. The zero-order valence-corrected chi connectivity index (χ0v) is 14.6. The molecule has 4 nitrogen and oxygen atoms in total. The lowest BCUT2D eigenvalue weighted by Crippen LogP contribution is -2.09. The largest absolute Gasteiger partial charge is 0.423 e. The van der Waals surface area contributed by atoms with Crippen molar-refractivity contribution in [2.45, 2.75) is 6.92 Å². The molecule has 0 radical (unpaired) electrons. The van der Waals surface area contributed by atoms with Crippen LogP contribution in [-0.4, -0.2) is 5.97 Å². The topological polar surface area (TPSA) is 56.5 Å². The van der Waals surface area contributed by atoms with Crippen molar-refractivity contribution in [1.82, 2.24) is 0 Å². The lowest BCUT2D eigenvalue weighted by molar-refractivity contribution is 0.0735. The van der Waals surface area contributed by atoms with Crippen LogP contribution >= 0.6 is 0 Å². The third-order valence-corrected chi connectivity index (χ3v) is 4.42. The van der Waals surface area contributed by atoms with E-state index in [2.05, 4.69) is 0 Å². The standard InChI is InChI=1S/C23H16O4/c1-15-19-14-18(26-22(24)17-10-6-3-7-11-17)12-13-20(19)27-23(25)21(15)16-8-4-2-5-9-16/h2-14H,1H3. The normalized spacial score (nSPS) is 10.7. The maximum Gasteiger partial charge on any atom is 0.344 e. The average Bonchev–Trinajstić information content (AvgIpc) is 2.70. The Labute approximate surface area is 155 Å². The Balaban J connectivity index is 1.78. The monoisotopic (exact) mass is 356 g/mol. The molecule has 0 amide bonds. The molecule has 4 rings (SSSR count). The van der Waals surface area contributed by atoms with E-state index in [1.54, 1.807) is 42.5 Å². The first-order valence-electron chi connectivity index (χ1n) is 8.53. The first-order valence-corrected chi connectivity index (χ1v) is 8.53. The number of aryl methyl sites for hydroxylation is 1. The fourth-order valence-electron chi connectivity index (χ4n) is 3.07. The highest BCUT2D eigenvalue weighted by atomic mass is 16.5. The summed E-state index contributed by atoms with van der Waals surface area (Å²) in [5.41, 5.74) is 2.62. The second kappa shape index (κ2) is 6.92. The molecule has 0 fully saturated rings. The fourth-order valence-corrected chi connectivity index (χ4v) is 3.07. The minimum absolute atomic E-state index is 0.389. The Morgan fingerprint density at radius 1 is 0.889 bits per heavy atom. The van der Waals surface area contributed by atoms with Crippen molar-refractivity contribution >= 4 is 16.9 Å². The summed E-state index contributed by atoms with van der Waals surface area (Å²) < 4.78 is 11.0. The fraction of sp³-hybridized carbons (Fsp3) is 0.0435. The van der Waals surface area contributed by atoms with Crippen LogP contribution in [0.25, 0.3) is 22.1 Å². The predicted molar refractivity (Wildman–Crippen MR) is 104 cm³/mol. The van der Waals surface area contributed by atoms with Gasteiger partial charge in [0.15, 0.2) is 0 Å². The average molecular weight is 356 g/mol. The van der Waals surface area contributed by atoms with Crippen molar-refractivity contribution in [2.24, 2.45) is 0 Å². The highest BCUT2D eigenvalue weighted by Crippen LogP contribution is 2.29. The Morgan fingerprint density at radius 2 is 1.56 bits per heavy atom. The van der Waals surface area contributed by atoms with E-state index in [9.17, 15) is 9.59 Å². The second-order valence-electron chi connectivity index (χ2n) is 6.17. The molecule has 0 saturated carbocycles. The van der Waals surface area contributed by atoms with Gasteiger partial charge in [-0.1, -0.05) is 48.5 Å². The summed E-state index contributed by atoms with van der Waals surface area (Å²) in [7, 11) is 0. The molecule has 0 spiro atoms. The number of ether oxygens (including phenoxy) is 1. The van der Waals surface area contributed by atoms with Crippen molar-refractivity contribution in [3.8, 4) is 16.9 Å². The zero-order chi connectivity index (χ0) is 18.8. The van der Waals surface area contributed by atoms with Crippen molar-refractivity contribution in [3.05, 3.63) is 100 Å². The van der Waals surface area contributed by atoms with E-state index in [0.717, 1.165) is 16.5 Å². The van der Waals surface area contributed by atoms with Crippen LogP contribution in [0.1, 0.15) is 15.9 Å². The Morgan fingerprint density at radius 3 is 2.26 bits per heavy atom. The van der Waals surface area contributed by atoms with Gasteiger partial charge in [0.25, 0.3) is 0 Å². The number of benzene rings is 3. The minimum atomic E-state index is -0.437. The van der Waals surface area contributed by atoms with Gasteiger partial charge >= 0.3 is 11.6 Å². The number of hydrogen-bond acceptors (Lipinski definition) is 4. The van der Waals surface area contributed by atoms with Gasteiger partial charge in [-0.2, -0.15) is 0 Å². The number of carbonyl (C=O) groups excluding carboxylic acids is 1. The van der Waals surface area contributed by atoms with E-state index < -0.39 is 5.97 Å². The summed E-state index contributed by atoms with van der Waals surface area (Å²) in [6.45, 7) is 1.87. The third-order valence-electron chi connectivity index (χ3n) is 4.42. The summed E-state index contributed by atoms with van der Waals surface area (Å²) in [6, 6.07) is 23.1. The molecule has 3 aromatic carbocycles. The molecule has 1 aromatic heterocycles. The third kappa shape index (κ3) is 3.25. The number of fused-ring (bicyclic) bond motifs is 1. The molecule has 132 valence electrons. The van der Waals surface area contributed by atoms with Gasteiger partial charge in [0.1, 0.15) is 11.3 Å². The van der Waals surface area contributed by atoms with E-state index >= 15 is 0 Å². The first kappa shape index (κ1) is 16.8. The van der Waals surface area contributed by atoms with E-state index in [1.165, 1.54) is 0 Å². The van der Waals surface area contributed by atoms with Crippen LogP contribution in [0.5, 0.6) is 5.75 Å². The Bertz CT molecular complexity index is 1180. The van der Waals surface area contributed by atoms with Crippen LogP contribution in [0.4, 0.5) is 0 Å². The summed E-state index contributed by atoms with van der Waals surface area (Å²) in [5.74, 6) is -0.0411. The van der Waals surface area contributed by atoms with Crippen LogP contribution < -0.4 is 10.4 Å². The van der Waals surface area contributed by atoms with Gasteiger partial charge in [0.2, 0.25) is 0 Å². The molecule has 0 aliphatic heterocycles. The summed E-state index contributed by atoms with van der Waals surface area (Å²) in [6.07, 6.45) is 0. The van der Waals surface area contributed by atoms with E-state index in [-0.39, 0.29) is 5.63 Å². The van der Waals surface area contributed by atoms with Gasteiger partial charge in [0.05, 0.1) is 11.1 Å². The quantitative estimate of drug-likeness (QED) is 0.295. The van der Waals surface area contributed by atoms with Crippen LogP contribution in [-0.2, 0) is 0 Å². The Hall–Kier alpha value is -3.66. The van der Waals surface area contributed by atoms with Crippen molar-refractivity contribution in [3.63, 3.8) is 0 Å². The number of carbonyl (C=O) groups is 1. The molecule has 0 atom stereocenters. The SMILES string of the molecule is Cc1c(-c2ccccc2)c(=O)oc2ccc(OC(=O)c3ccccc3)cc12. The number of hydrogen-bond donors (Lipinski definition) is 0. The molecule has 4 heteroatoms. The van der Waals surface area contributed by atoms with Gasteiger partial charge in [-0.25, -0.2) is 9.59 Å². The maximum atomic E-state index is 12.5. The van der Waals surface area contributed by atoms with Gasteiger partial charge in [0, 0.05) is 5.39 Å². The summed E-state index contributed by atoms with van der Waals surface area (Å²) in [4.78, 5) is 24.7.